The van der Waals surface area contributed by atoms with E-state index in [-0.39, 0.29) is 5.57 Å². The van der Waals surface area contributed by atoms with Gasteiger partial charge in [0.2, 0.25) is 0 Å². The van der Waals surface area contributed by atoms with E-state index >= 15 is 0 Å². The number of carbonyl (C=O) groups is 2. The Hall–Kier alpha value is -2.30. The highest BCUT2D eigenvalue weighted by atomic mass is 16.5. The van der Waals surface area contributed by atoms with Crippen LogP contribution in [0.1, 0.15) is 20.3 Å². The molecule has 1 atom stereocenters. The van der Waals surface area contributed by atoms with Gasteiger partial charge in [0.05, 0.1) is 7.11 Å². The third-order valence-electron chi connectivity index (χ3n) is 2.70. The van der Waals surface area contributed by atoms with Crippen LogP contribution in [0, 0.1) is 0 Å². The Labute approximate surface area is 117 Å². The molecule has 1 N–H and O–H groups in total. The quantitative estimate of drug-likeness (QED) is 0.284. The first-order chi connectivity index (χ1) is 9.51. The molecular weight excluding hydrogens is 260 g/mol. The van der Waals surface area contributed by atoms with Crippen molar-refractivity contribution in [2.45, 2.75) is 26.4 Å². The van der Waals surface area contributed by atoms with Crippen LogP contribution < -0.4 is 4.74 Å². The van der Waals surface area contributed by atoms with E-state index < -0.39 is 23.6 Å². The van der Waals surface area contributed by atoms with Crippen LogP contribution in [0.4, 0.5) is 0 Å². The number of hydrogen-bond acceptors (Lipinski definition) is 5. The van der Waals surface area contributed by atoms with Crippen molar-refractivity contribution in [2.75, 3.05) is 7.11 Å². The molecule has 0 bridgehead atoms. The van der Waals surface area contributed by atoms with Crippen molar-refractivity contribution in [3.05, 3.63) is 41.7 Å². The van der Waals surface area contributed by atoms with E-state index in [0.29, 0.717) is 12.2 Å². The van der Waals surface area contributed by atoms with Gasteiger partial charge in [-0.25, -0.2) is 4.79 Å². The predicted octanol–water partition coefficient (Wildman–Crippen LogP) is 2.42. The van der Waals surface area contributed by atoms with Gasteiger partial charge in [0, 0.05) is 0 Å². The highest BCUT2D eigenvalue weighted by Crippen LogP contribution is 2.19. The van der Waals surface area contributed by atoms with E-state index in [1.54, 1.807) is 31.2 Å². The highest BCUT2D eigenvalue weighted by Gasteiger charge is 2.26. The van der Waals surface area contributed by atoms with E-state index in [1.165, 1.54) is 6.92 Å². The van der Waals surface area contributed by atoms with Gasteiger partial charge in [0.15, 0.2) is 17.6 Å². The lowest BCUT2D eigenvalue weighted by atomic mass is 10.1. The molecule has 0 heterocycles. The summed E-state index contributed by atoms with van der Waals surface area (Å²) < 4.78 is 10.1. The van der Waals surface area contributed by atoms with Crippen LogP contribution in [-0.4, -0.2) is 30.1 Å². The normalized spacial score (nSPS) is 13.2. The number of rotatable bonds is 6. The van der Waals surface area contributed by atoms with Crippen molar-refractivity contribution in [2.24, 2.45) is 0 Å². The van der Waals surface area contributed by atoms with Crippen molar-refractivity contribution in [1.82, 2.24) is 0 Å². The molecular formula is C15H18O5. The molecule has 0 aliphatic carbocycles. The van der Waals surface area contributed by atoms with Crippen molar-refractivity contribution in [3.63, 3.8) is 0 Å². The first-order valence-electron chi connectivity index (χ1n) is 6.25. The molecule has 20 heavy (non-hydrogen) atoms. The summed E-state index contributed by atoms with van der Waals surface area (Å²) in [6, 6.07) is 8.85. The molecule has 1 aromatic carbocycles. The average molecular weight is 278 g/mol. The third-order valence-corrected chi connectivity index (χ3v) is 2.70. The molecule has 0 fully saturated rings. The summed E-state index contributed by atoms with van der Waals surface area (Å²) in [5.41, 5.74) is -0.379. The Morgan fingerprint density at radius 2 is 1.85 bits per heavy atom. The van der Waals surface area contributed by atoms with Gasteiger partial charge in [0.1, 0.15) is 11.3 Å². The zero-order valence-electron chi connectivity index (χ0n) is 11.8. The molecule has 0 saturated heterocycles. The van der Waals surface area contributed by atoms with Crippen molar-refractivity contribution >= 4 is 11.8 Å². The highest BCUT2D eigenvalue weighted by molar-refractivity contribution is 6.16. The molecule has 1 rings (SSSR count). The number of aliphatic hydroxyl groups is 1. The molecule has 0 saturated carbocycles. The first kappa shape index (κ1) is 15.8. The molecule has 1 unspecified atom stereocenters. The summed E-state index contributed by atoms with van der Waals surface area (Å²) in [6.45, 7) is 2.97. The molecule has 0 amide bonds. The zero-order chi connectivity index (χ0) is 15.1. The molecule has 1 aromatic rings. The zero-order valence-corrected chi connectivity index (χ0v) is 11.8. The Kier molecular flexibility index (Phi) is 5.77. The van der Waals surface area contributed by atoms with Crippen LogP contribution >= 0.6 is 0 Å². The lowest BCUT2D eigenvalue weighted by Crippen LogP contribution is -2.25. The lowest BCUT2D eigenvalue weighted by Gasteiger charge is -2.18. The maximum atomic E-state index is 11.6. The van der Waals surface area contributed by atoms with E-state index in [0.717, 1.165) is 7.11 Å². The average Bonchev–Trinajstić information content (AvgIpc) is 2.45. The molecule has 0 aromatic heterocycles. The number of hydrogen-bond donors (Lipinski definition) is 1. The summed E-state index contributed by atoms with van der Waals surface area (Å²) >= 11 is 0. The Bertz CT molecular complexity index is 504. The van der Waals surface area contributed by atoms with Gasteiger partial charge in [-0.3, -0.25) is 4.79 Å². The number of aliphatic hydroxyl groups excluding tert-OH is 1. The van der Waals surface area contributed by atoms with Crippen molar-refractivity contribution in [3.8, 4) is 5.75 Å². The minimum Gasteiger partial charge on any atom is -0.507 e. The summed E-state index contributed by atoms with van der Waals surface area (Å²) in [5.74, 6) is -1.30. The maximum absolute atomic E-state index is 11.6. The van der Waals surface area contributed by atoms with Crippen molar-refractivity contribution in [1.29, 1.82) is 0 Å². The molecule has 0 aliphatic rings. The number of methoxy groups -OCH3 is 1. The number of ketones is 1. The number of carbonyl (C=O) groups excluding carboxylic acids is 2. The van der Waals surface area contributed by atoms with Crippen LogP contribution in [0.15, 0.2) is 41.7 Å². The van der Waals surface area contributed by atoms with Gasteiger partial charge in [-0.15, -0.1) is 0 Å². The molecule has 5 nitrogen and oxygen atoms in total. The monoisotopic (exact) mass is 278 g/mol. The number of para-hydroxylation sites is 1. The number of esters is 1. The van der Waals surface area contributed by atoms with Gasteiger partial charge >= 0.3 is 5.97 Å². The Morgan fingerprint density at radius 1 is 1.25 bits per heavy atom. The number of ether oxygens (including phenoxy) is 2. The van der Waals surface area contributed by atoms with Crippen LogP contribution in [0.25, 0.3) is 0 Å². The van der Waals surface area contributed by atoms with Crippen LogP contribution in [0.5, 0.6) is 5.75 Å². The number of Topliss-reactive ketones (excluding diaryl/α,β-unsaturated/α-hetero) is 1. The van der Waals surface area contributed by atoms with E-state index in [4.69, 9.17) is 4.74 Å². The first-order valence-corrected chi connectivity index (χ1v) is 6.25. The lowest BCUT2D eigenvalue weighted by molar-refractivity contribution is -0.138. The van der Waals surface area contributed by atoms with Gasteiger partial charge in [-0.1, -0.05) is 25.1 Å². The third kappa shape index (κ3) is 3.85. The molecule has 0 radical (unpaired) electrons. The summed E-state index contributed by atoms with van der Waals surface area (Å²) in [5, 5.41) is 10.1. The van der Waals surface area contributed by atoms with Gasteiger partial charge < -0.3 is 14.6 Å². The van der Waals surface area contributed by atoms with E-state index in [2.05, 4.69) is 4.74 Å². The minimum absolute atomic E-state index is 0.379. The fraction of sp³-hybridized carbons (Fsp3) is 0.333. The molecule has 5 heteroatoms. The van der Waals surface area contributed by atoms with Gasteiger partial charge in [0.25, 0.3) is 0 Å². The Morgan fingerprint density at radius 3 is 2.30 bits per heavy atom. The maximum Gasteiger partial charge on any atom is 0.345 e. The topological polar surface area (TPSA) is 72.8 Å². The van der Waals surface area contributed by atoms with Crippen molar-refractivity contribution < 1.29 is 24.2 Å². The largest absolute Gasteiger partial charge is 0.507 e. The predicted molar refractivity (Wildman–Crippen MR) is 73.5 cm³/mol. The molecule has 0 aliphatic heterocycles. The second kappa shape index (κ2) is 7.33. The summed E-state index contributed by atoms with van der Waals surface area (Å²) in [4.78, 5) is 23.0. The molecule has 0 spiro atoms. The second-order valence-corrected chi connectivity index (χ2v) is 4.14. The fourth-order valence-corrected chi connectivity index (χ4v) is 1.69. The molecule has 108 valence electrons. The van der Waals surface area contributed by atoms with Gasteiger partial charge in [-0.05, 0) is 25.5 Å². The van der Waals surface area contributed by atoms with Crippen LogP contribution in [0.3, 0.4) is 0 Å². The summed E-state index contributed by atoms with van der Waals surface area (Å²) in [7, 11) is 1.15. The fourth-order valence-electron chi connectivity index (χ4n) is 1.69. The smallest absolute Gasteiger partial charge is 0.345 e. The standard InChI is InChI=1S/C15H18O5/c1-4-12(20-11-8-6-5-7-9-11)14(17)13(10(2)16)15(18)19-3/h5-9,12,17H,4H2,1-3H3/b14-13+. The SMILES string of the molecule is CCC(Oc1ccccc1)/C(O)=C(/C(C)=O)C(=O)OC. The Balaban J connectivity index is 3.08. The minimum atomic E-state index is -0.870. The number of benzene rings is 1. The van der Waals surface area contributed by atoms with Crippen LogP contribution in [-0.2, 0) is 14.3 Å². The second-order valence-electron chi connectivity index (χ2n) is 4.14. The summed E-state index contributed by atoms with van der Waals surface area (Å²) in [6.07, 6.45) is -0.385. The van der Waals surface area contributed by atoms with Gasteiger partial charge in [-0.2, -0.15) is 0 Å². The van der Waals surface area contributed by atoms with E-state index in [9.17, 15) is 14.7 Å². The van der Waals surface area contributed by atoms with Crippen LogP contribution in [0.2, 0.25) is 0 Å². The van der Waals surface area contributed by atoms with E-state index in [1.807, 2.05) is 6.07 Å².